The van der Waals surface area contributed by atoms with Crippen molar-refractivity contribution in [2.24, 2.45) is 0 Å². The molecule has 468 valence electrons. The van der Waals surface area contributed by atoms with Gasteiger partial charge in [-0.25, -0.2) is 0 Å². The van der Waals surface area contributed by atoms with Crippen molar-refractivity contribution in [1.82, 2.24) is 0 Å². The molecule has 6 nitrogen and oxygen atoms in total. The maximum Gasteiger partial charge on any atom is 0.309 e. The molecule has 0 aromatic carbocycles. The van der Waals surface area contributed by atoms with E-state index in [4.69, 9.17) is 14.2 Å². The molecule has 0 saturated carbocycles. The van der Waals surface area contributed by atoms with Crippen LogP contribution in [0.4, 0.5) is 0 Å². The van der Waals surface area contributed by atoms with E-state index in [0.29, 0.717) is 12.8 Å². The number of carbonyl (C=O) groups is 3. The smallest absolute Gasteiger partial charge is 0.309 e. The van der Waals surface area contributed by atoms with Crippen LogP contribution >= 0.6 is 0 Å². The van der Waals surface area contributed by atoms with Gasteiger partial charge in [-0.1, -0.05) is 301 Å². The summed E-state index contributed by atoms with van der Waals surface area (Å²) in [7, 11) is 0. The number of carbonyl (C=O) groups excluding carboxylic acids is 3. The first-order valence-electron chi connectivity index (χ1n) is 34.0. The van der Waals surface area contributed by atoms with Crippen molar-refractivity contribution < 1.29 is 28.6 Å². The highest BCUT2D eigenvalue weighted by atomic mass is 16.6. The molecule has 0 aliphatic heterocycles. The first-order valence-corrected chi connectivity index (χ1v) is 34.0. The molecule has 0 aromatic rings. The Kier molecular flexibility index (Phi) is 65.4. The molecular formula is C77H124O6. The van der Waals surface area contributed by atoms with Gasteiger partial charge in [-0.05, 0) is 128 Å². The fourth-order valence-electron chi connectivity index (χ4n) is 9.02. The average molecular weight is 1150 g/mol. The number of rotatable bonds is 60. The van der Waals surface area contributed by atoms with Crippen molar-refractivity contribution >= 4 is 17.9 Å². The fraction of sp³-hybridized carbons (Fsp3) is 0.623. The van der Waals surface area contributed by atoms with E-state index in [1.165, 1.54) is 122 Å². The van der Waals surface area contributed by atoms with Crippen molar-refractivity contribution in [3.8, 4) is 0 Å². The third kappa shape index (κ3) is 67.7. The Morgan fingerprint density at radius 3 is 0.843 bits per heavy atom. The van der Waals surface area contributed by atoms with E-state index >= 15 is 0 Å². The predicted octanol–water partition coefficient (Wildman–Crippen LogP) is 23.7. The molecule has 0 radical (unpaired) electrons. The van der Waals surface area contributed by atoms with E-state index in [-0.39, 0.29) is 31.6 Å². The van der Waals surface area contributed by atoms with E-state index < -0.39 is 12.1 Å². The molecule has 0 fully saturated rings. The first kappa shape index (κ1) is 78.0. The van der Waals surface area contributed by atoms with Crippen LogP contribution in [0, 0.1) is 0 Å². The Bertz CT molecular complexity index is 1840. The Balaban J connectivity index is 4.46. The maximum atomic E-state index is 12.9. The second-order valence-electron chi connectivity index (χ2n) is 22.0. The van der Waals surface area contributed by atoms with Crippen LogP contribution in [0.2, 0.25) is 0 Å². The highest BCUT2D eigenvalue weighted by molar-refractivity contribution is 5.72. The summed E-state index contributed by atoms with van der Waals surface area (Å²) in [6, 6.07) is 0. The zero-order valence-corrected chi connectivity index (χ0v) is 53.7. The minimum Gasteiger partial charge on any atom is -0.462 e. The second kappa shape index (κ2) is 69.5. The zero-order valence-electron chi connectivity index (χ0n) is 53.7. The van der Waals surface area contributed by atoms with Gasteiger partial charge in [0.05, 0.1) is 6.42 Å². The minimum atomic E-state index is -0.834. The van der Waals surface area contributed by atoms with Gasteiger partial charge in [0.1, 0.15) is 13.2 Å². The Morgan fingerprint density at radius 2 is 0.518 bits per heavy atom. The molecule has 0 saturated heterocycles. The summed E-state index contributed by atoms with van der Waals surface area (Å²) in [6.07, 6.45) is 101. The van der Waals surface area contributed by atoms with Crippen LogP contribution in [0.5, 0.6) is 0 Å². The number of esters is 3. The first-order chi connectivity index (χ1) is 41.0. The van der Waals surface area contributed by atoms with Crippen LogP contribution < -0.4 is 0 Å². The van der Waals surface area contributed by atoms with Gasteiger partial charge in [0.2, 0.25) is 0 Å². The normalized spacial score (nSPS) is 13.1. The SMILES string of the molecule is CC/C=C\C/C=C\C/C=C\C/C=C\C/C=C\C/C=C\CCCCCCCCC(=O)OCC(COC(=O)C/C=C\C/C=C\C/C=C\C/C=C\C/C=C\CC)OC(=O)CCCCCCCCCCCCCCC/C=C\C/C=C\CCCCCCC. The van der Waals surface area contributed by atoms with Gasteiger partial charge < -0.3 is 14.2 Å². The van der Waals surface area contributed by atoms with Gasteiger partial charge in [-0.15, -0.1) is 0 Å². The molecule has 0 aliphatic rings. The number of allylic oxidation sites excluding steroid dienone is 25. The summed E-state index contributed by atoms with van der Waals surface area (Å²) in [5, 5.41) is 0. The van der Waals surface area contributed by atoms with Crippen molar-refractivity contribution in [3.63, 3.8) is 0 Å². The third-order valence-corrected chi connectivity index (χ3v) is 14.0. The number of ether oxygens (including phenoxy) is 3. The van der Waals surface area contributed by atoms with Gasteiger partial charge in [0.25, 0.3) is 0 Å². The van der Waals surface area contributed by atoms with Gasteiger partial charge >= 0.3 is 17.9 Å². The largest absolute Gasteiger partial charge is 0.462 e. The van der Waals surface area contributed by atoms with E-state index in [1.54, 1.807) is 6.08 Å². The van der Waals surface area contributed by atoms with E-state index in [9.17, 15) is 14.4 Å². The van der Waals surface area contributed by atoms with Crippen molar-refractivity contribution in [2.45, 2.75) is 297 Å². The van der Waals surface area contributed by atoms with Crippen LogP contribution in [-0.4, -0.2) is 37.2 Å². The summed E-state index contributed by atoms with van der Waals surface area (Å²) < 4.78 is 16.8. The maximum absolute atomic E-state index is 12.9. The van der Waals surface area contributed by atoms with Crippen LogP contribution in [-0.2, 0) is 28.6 Å². The molecule has 0 aromatic heterocycles. The Hall–Kier alpha value is -4.97. The standard InChI is InChI=1S/C77H124O6/c1-4-7-10-13-16-19-22-25-28-30-32-34-36-38-40-42-44-46-49-52-55-58-61-64-67-70-76(79)82-73-74(72-81-75(78)69-66-63-60-57-54-51-48-27-24-21-18-15-12-9-6-3)83-77(80)71-68-65-62-59-56-53-50-47-45-43-41-39-37-35-33-31-29-26-23-20-17-14-11-8-5-2/h7,9-10,12,16,18-19,21,23,25-28,31-34,38,40,44,46,48,54,57,63,66,74H,4-6,8,11,13-15,17,20,22,24,29-30,35-37,39,41-43,45,47,49-53,55-56,58-62,64-65,67-73H2,1-3H3/b10-7-,12-9-,19-16-,21-18-,26-23-,28-25-,33-31-,34-32-,40-38-,46-44-,48-27-,57-54-,66-63-. The predicted molar refractivity (Wildman–Crippen MR) is 362 cm³/mol. The van der Waals surface area contributed by atoms with E-state index in [1.807, 2.05) is 6.08 Å². The van der Waals surface area contributed by atoms with E-state index in [2.05, 4.69) is 167 Å². The van der Waals surface area contributed by atoms with Crippen LogP contribution in [0.1, 0.15) is 290 Å². The average Bonchev–Trinajstić information content (AvgIpc) is 3.49. The number of hydrogen-bond donors (Lipinski definition) is 0. The molecule has 0 spiro atoms. The minimum absolute atomic E-state index is 0.118. The molecule has 0 aliphatic carbocycles. The molecule has 0 heterocycles. The monoisotopic (exact) mass is 1140 g/mol. The highest BCUT2D eigenvalue weighted by Crippen LogP contribution is 2.16. The molecule has 1 unspecified atom stereocenters. The second-order valence-corrected chi connectivity index (χ2v) is 22.0. The van der Waals surface area contributed by atoms with Crippen molar-refractivity contribution in [3.05, 3.63) is 158 Å². The Morgan fingerprint density at radius 1 is 0.265 bits per heavy atom. The van der Waals surface area contributed by atoms with E-state index in [0.717, 1.165) is 128 Å². The summed E-state index contributed by atoms with van der Waals surface area (Å²) in [5.41, 5.74) is 0. The fourth-order valence-corrected chi connectivity index (χ4v) is 9.02. The summed E-state index contributed by atoms with van der Waals surface area (Å²) in [6.45, 7) is 6.31. The number of unbranched alkanes of at least 4 members (excludes halogenated alkanes) is 24. The van der Waals surface area contributed by atoms with Crippen LogP contribution in [0.15, 0.2) is 158 Å². The lowest BCUT2D eigenvalue weighted by molar-refractivity contribution is -0.166. The lowest BCUT2D eigenvalue weighted by Gasteiger charge is -2.18. The van der Waals surface area contributed by atoms with Crippen molar-refractivity contribution in [2.75, 3.05) is 13.2 Å². The molecule has 0 bridgehead atoms. The topological polar surface area (TPSA) is 78.9 Å². The summed E-state index contributed by atoms with van der Waals surface area (Å²) >= 11 is 0. The molecule has 1 atom stereocenters. The summed E-state index contributed by atoms with van der Waals surface area (Å²) in [5.74, 6) is -1.07. The molecule has 0 rings (SSSR count). The zero-order chi connectivity index (χ0) is 59.9. The van der Waals surface area contributed by atoms with Crippen LogP contribution in [0.25, 0.3) is 0 Å². The lowest BCUT2D eigenvalue weighted by Crippen LogP contribution is -2.30. The molecule has 0 amide bonds. The highest BCUT2D eigenvalue weighted by Gasteiger charge is 2.19. The van der Waals surface area contributed by atoms with Gasteiger partial charge in [0.15, 0.2) is 6.10 Å². The lowest BCUT2D eigenvalue weighted by atomic mass is 10.0. The number of hydrogen-bond acceptors (Lipinski definition) is 6. The molecule has 83 heavy (non-hydrogen) atoms. The summed E-state index contributed by atoms with van der Waals surface area (Å²) in [4.78, 5) is 38.4. The van der Waals surface area contributed by atoms with Gasteiger partial charge in [-0.2, -0.15) is 0 Å². The Labute approximate surface area is 511 Å². The third-order valence-electron chi connectivity index (χ3n) is 14.0. The molecule has 6 heteroatoms. The van der Waals surface area contributed by atoms with Crippen molar-refractivity contribution in [1.29, 1.82) is 0 Å². The molecular weight excluding hydrogens is 1020 g/mol. The van der Waals surface area contributed by atoms with Crippen LogP contribution in [0.3, 0.4) is 0 Å². The van der Waals surface area contributed by atoms with Gasteiger partial charge in [-0.3, -0.25) is 14.4 Å². The molecule has 0 N–H and O–H groups in total. The quantitative estimate of drug-likeness (QED) is 0.0261. The van der Waals surface area contributed by atoms with Gasteiger partial charge in [0, 0.05) is 12.8 Å².